The summed E-state index contributed by atoms with van der Waals surface area (Å²) in [6, 6.07) is 7.85. The molecule has 1 atom stereocenters. The molecule has 3 N–H and O–H groups in total. The molecule has 0 saturated heterocycles. The van der Waals surface area contributed by atoms with Gasteiger partial charge in [0.05, 0.1) is 12.1 Å². The van der Waals surface area contributed by atoms with Crippen LogP contribution < -0.4 is 15.8 Å². The molecule has 4 nitrogen and oxygen atoms in total. The molecule has 2 rings (SSSR count). The number of para-hydroxylation sites is 1. The summed E-state index contributed by atoms with van der Waals surface area (Å²) < 4.78 is 5.84. The first kappa shape index (κ1) is 18.8. The zero-order valence-electron chi connectivity index (χ0n) is 13.4. The van der Waals surface area contributed by atoms with Crippen LogP contribution in [-0.4, -0.2) is 18.1 Å². The summed E-state index contributed by atoms with van der Waals surface area (Å²) in [4.78, 5) is 12.1. The molecule has 0 radical (unpaired) electrons. The van der Waals surface area contributed by atoms with Crippen molar-refractivity contribution in [1.82, 2.24) is 5.32 Å². The van der Waals surface area contributed by atoms with E-state index in [4.69, 9.17) is 10.5 Å². The highest BCUT2D eigenvalue weighted by Gasteiger charge is 2.27. The van der Waals surface area contributed by atoms with Gasteiger partial charge in [0.1, 0.15) is 5.75 Å². The largest absolute Gasteiger partial charge is 0.493 e. The lowest BCUT2D eigenvalue weighted by molar-refractivity contribution is -0.126. The summed E-state index contributed by atoms with van der Waals surface area (Å²) >= 11 is 0. The minimum Gasteiger partial charge on any atom is -0.493 e. The minimum absolute atomic E-state index is 0. The monoisotopic (exact) mass is 326 g/mol. The molecular formula is C17H27ClN2O2. The van der Waals surface area contributed by atoms with Crippen molar-refractivity contribution in [2.75, 3.05) is 6.61 Å². The van der Waals surface area contributed by atoms with Gasteiger partial charge in [0, 0.05) is 12.1 Å². The van der Waals surface area contributed by atoms with Crippen LogP contribution >= 0.6 is 12.4 Å². The van der Waals surface area contributed by atoms with Gasteiger partial charge in [-0.25, -0.2) is 0 Å². The highest BCUT2D eigenvalue weighted by atomic mass is 35.5. The van der Waals surface area contributed by atoms with Gasteiger partial charge in [-0.15, -0.1) is 12.4 Å². The van der Waals surface area contributed by atoms with E-state index in [1.54, 1.807) is 6.92 Å². The Bertz CT molecular complexity index is 487. The molecule has 1 unspecified atom stereocenters. The summed E-state index contributed by atoms with van der Waals surface area (Å²) in [7, 11) is 0. The molecule has 0 bridgehead atoms. The first-order valence-corrected chi connectivity index (χ1v) is 7.81. The maximum absolute atomic E-state index is 12.1. The van der Waals surface area contributed by atoms with Crippen LogP contribution in [0.4, 0.5) is 0 Å². The lowest BCUT2D eigenvalue weighted by Gasteiger charge is -2.23. The van der Waals surface area contributed by atoms with E-state index in [1.165, 1.54) is 12.8 Å². The molecule has 0 heterocycles. The van der Waals surface area contributed by atoms with Crippen LogP contribution in [0.3, 0.4) is 0 Å². The normalized spacial score (nSPS) is 16.3. The summed E-state index contributed by atoms with van der Waals surface area (Å²) in [5.74, 6) is 1.46. The molecule has 1 aromatic carbocycles. The summed E-state index contributed by atoms with van der Waals surface area (Å²) in [5, 5.41) is 2.92. The topological polar surface area (TPSA) is 64.4 Å². The number of nitrogens with two attached hydrogens (primary N) is 1. The number of carbonyl (C=O) groups excluding carboxylic acids is 1. The number of hydrogen-bond acceptors (Lipinski definition) is 3. The molecule has 22 heavy (non-hydrogen) atoms. The molecule has 0 spiro atoms. The third-order valence-corrected chi connectivity index (χ3v) is 3.87. The van der Waals surface area contributed by atoms with E-state index in [0.717, 1.165) is 24.3 Å². The van der Waals surface area contributed by atoms with Crippen molar-refractivity contribution in [3.63, 3.8) is 0 Å². The summed E-state index contributed by atoms with van der Waals surface area (Å²) in [6.07, 6.45) is 4.10. The second-order valence-electron chi connectivity index (χ2n) is 6.21. The van der Waals surface area contributed by atoms with Gasteiger partial charge in [0.25, 0.3) is 0 Å². The van der Waals surface area contributed by atoms with E-state index in [0.29, 0.717) is 18.9 Å². The Kier molecular flexibility index (Phi) is 7.17. The molecular weight excluding hydrogens is 300 g/mol. The van der Waals surface area contributed by atoms with Crippen LogP contribution in [0.1, 0.15) is 45.1 Å². The van der Waals surface area contributed by atoms with Gasteiger partial charge < -0.3 is 15.8 Å². The van der Waals surface area contributed by atoms with Crippen LogP contribution in [0.2, 0.25) is 0 Å². The van der Waals surface area contributed by atoms with E-state index in [-0.39, 0.29) is 18.3 Å². The molecule has 1 saturated carbocycles. The van der Waals surface area contributed by atoms with Crippen molar-refractivity contribution in [1.29, 1.82) is 0 Å². The Morgan fingerprint density at radius 2 is 2.09 bits per heavy atom. The Morgan fingerprint density at radius 3 is 2.73 bits per heavy atom. The maximum Gasteiger partial charge on any atom is 0.240 e. The van der Waals surface area contributed by atoms with E-state index in [1.807, 2.05) is 31.2 Å². The average Bonchev–Trinajstić information content (AvgIpc) is 3.27. The van der Waals surface area contributed by atoms with E-state index < -0.39 is 5.54 Å². The Morgan fingerprint density at radius 1 is 1.41 bits per heavy atom. The number of carbonyl (C=O) groups is 1. The molecule has 1 amide bonds. The third-order valence-electron chi connectivity index (χ3n) is 3.87. The lowest BCUT2D eigenvalue weighted by Crippen LogP contribution is -2.51. The number of nitrogens with one attached hydrogen (secondary N) is 1. The van der Waals surface area contributed by atoms with Gasteiger partial charge in [0.2, 0.25) is 5.91 Å². The number of halogens is 1. The van der Waals surface area contributed by atoms with Crippen molar-refractivity contribution in [2.24, 2.45) is 11.7 Å². The van der Waals surface area contributed by atoms with E-state index in [9.17, 15) is 4.79 Å². The van der Waals surface area contributed by atoms with Crippen molar-refractivity contribution < 1.29 is 9.53 Å². The second-order valence-corrected chi connectivity index (χ2v) is 6.21. The molecule has 1 fully saturated rings. The molecule has 0 aromatic heterocycles. The van der Waals surface area contributed by atoms with Gasteiger partial charge in [-0.3, -0.25) is 4.79 Å². The Hall–Kier alpha value is -1.26. The van der Waals surface area contributed by atoms with E-state index in [2.05, 4.69) is 5.32 Å². The van der Waals surface area contributed by atoms with Crippen molar-refractivity contribution in [3.8, 4) is 5.75 Å². The Labute approximate surface area is 139 Å². The number of hydrogen-bond donors (Lipinski definition) is 2. The van der Waals surface area contributed by atoms with Gasteiger partial charge in [-0.1, -0.05) is 31.5 Å². The molecule has 5 heteroatoms. The van der Waals surface area contributed by atoms with Crippen molar-refractivity contribution >= 4 is 18.3 Å². The maximum atomic E-state index is 12.1. The van der Waals surface area contributed by atoms with Crippen LogP contribution in [0, 0.1) is 5.92 Å². The highest BCUT2D eigenvalue weighted by molar-refractivity contribution is 5.85. The fraction of sp³-hybridized carbons (Fsp3) is 0.588. The van der Waals surface area contributed by atoms with Gasteiger partial charge in [0.15, 0.2) is 0 Å². The fourth-order valence-corrected chi connectivity index (χ4v) is 2.29. The third kappa shape index (κ3) is 5.50. The standard InChI is InChI=1S/C17H26N2O2.ClH/c1-3-10-17(2,18)16(20)19-11-14-6-4-5-7-15(14)21-12-13-8-9-13;/h4-7,13H,3,8-12,18H2,1-2H3,(H,19,20);1H. The van der Waals surface area contributed by atoms with Crippen LogP contribution in [0.5, 0.6) is 5.75 Å². The number of rotatable bonds is 8. The lowest BCUT2D eigenvalue weighted by atomic mass is 9.96. The smallest absolute Gasteiger partial charge is 0.240 e. The second kappa shape index (κ2) is 8.39. The summed E-state index contributed by atoms with van der Waals surface area (Å²) in [5.41, 5.74) is 6.23. The van der Waals surface area contributed by atoms with Crippen molar-refractivity contribution in [2.45, 2.75) is 51.6 Å². The Balaban J connectivity index is 0.00000242. The fourth-order valence-electron chi connectivity index (χ4n) is 2.29. The first-order chi connectivity index (χ1) is 10.0. The predicted octanol–water partition coefficient (Wildman–Crippen LogP) is 3.03. The van der Waals surface area contributed by atoms with Crippen LogP contribution in [0.25, 0.3) is 0 Å². The SMILES string of the molecule is CCCC(C)(N)C(=O)NCc1ccccc1OCC1CC1.Cl. The molecule has 0 aliphatic heterocycles. The quantitative estimate of drug-likeness (QED) is 0.771. The molecule has 1 aliphatic rings. The molecule has 1 aliphatic carbocycles. The minimum atomic E-state index is -0.807. The van der Waals surface area contributed by atoms with Gasteiger partial charge in [-0.05, 0) is 38.2 Å². The number of ether oxygens (including phenoxy) is 1. The number of amides is 1. The zero-order chi connectivity index (χ0) is 15.3. The van der Waals surface area contributed by atoms with Gasteiger partial charge >= 0.3 is 0 Å². The summed E-state index contributed by atoms with van der Waals surface area (Å²) in [6.45, 7) is 5.03. The van der Waals surface area contributed by atoms with Crippen molar-refractivity contribution in [3.05, 3.63) is 29.8 Å². The number of benzene rings is 1. The average molecular weight is 327 g/mol. The van der Waals surface area contributed by atoms with Crippen LogP contribution in [-0.2, 0) is 11.3 Å². The predicted molar refractivity (Wildman–Crippen MR) is 91.3 cm³/mol. The first-order valence-electron chi connectivity index (χ1n) is 7.81. The van der Waals surface area contributed by atoms with E-state index >= 15 is 0 Å². The van der Waals surface area contributed by atoms with Gasteiger partial charge in [-0.2, -0.15) is 0 Å². The zero-order valence-corrected chi connectivity index (χ0v) is 14.2. The highest BCUT2D eigenvalue weighted by Crippen LogP contribution is 2.30. The molecule has 1 aromatic rings. The van der Waals surface area contributed by atoms with Crippen LogP contribution in [0.15, 0.2) is 24.3 Å². The molecule has 124 valence electrons.